The smallest absolute Gasteiger partial charge is 0.206 e. The average molecular weight is 401 g/mol. The maximum atomic E-state index is 6.08. The van der Waals surface area contributed by atoms with Gasteiger partial charge in [-0.1, -0.05) is 36.4 Å². The molecule has 29 heavy (non-hydrogen) atoms. The SMILES string of the molecule is CC(C)N=c1scc(-c2cc3ccccc3o2)n1N=Cc1c[nH]c2ccccc12. The fourth-order valence-electron chi connectivity index (χ4n) is 3.32. The molecule has 0 saturated carbocycles. The molecule has 2 aromatic carbocycles. The monoisotopic (exact) mass is 400 g/mol. The molecule has 3 heterocycles. The Hall–Kier alpha value is -3.38. The first-order valence-electron chi connectivity index (χ1n) is 9.53. The van der Waals surface area contributed by atoms with Crippen molar-refractivity contribution in [3.8, 4) is 11.5 Å². The summed E-state index contributed by atoms with van der Waals surface area (Å²) in [6, 6.07) is 18.4. The fourth-order valence-corrected chi connectivity index (χ4v) is 4.27. The summed E-state index contributed by atoms with van der Waals surface area (Å²) < 4.78 is 7.95. The van der Waals surface area contributed by atoms with Crippen LogP contribution in [0.4, 0.5) is 0 Å². The maximum Gasteiger partial charge on any atom is 0.206 e. The lowest BCUT2D eigenvalue weighted by atomic mass is 10.2. The Morgan fingerprint density at radius 3 is 2.79 bits per heavy atom. The summed E-state index contributed by atoms with van der Waals surface area (Å²) in [5.74, 6) is 0.781. The first-order valence-corrected chi connectivity index (χ1v) is 10.4. The lowest BCUT2D eigenvalue weighted by Crippen LogP contribution is -2.14. The highest BCUT2D eigenvalue weighted by Crippen LogP contribution is 2.28. The molecule has 0 fully saturated rings. The summed E-state index contributed by atoms with van der Waals surface area (Å²) in [7, 11) is 0. The second-order valence-electron chi connectivity index (χ2n) is 7.12. The third-order valence-electron chi connectivity index (χ3n) is 4.67. The van der Waals surface area contributed by atoms with Crippen LogP contribution in [0.1, 0.15) is 19.4 Å². The standard InChI is InChI=1S/C23H20N4OS/c1-15(2)26-23-27(25-13-17-12-24-19-9-5-4-8-18(17)19)20(14-29-23)22-11-16-7-3-6-10-21(16)28-22/h3-15,24H,1-2H3. The number of benzene rings is 2. The van der Waals surface area contributed by atoms with Crippen molar-refractivity contribution in [3.05, 3.63) is 76.5 Å². The Morgan fingerprint density at radius 1 is 1.10 bits per heavy atom. The molecule has 0 atom stereocenters. The van der Waals surface area contributed by atoms with E-state index < -0.39 is 0 Å². The van der Waals surface area contributed by atoms with Crippen LogP contribution in [-0.4, -0.2) is 21.9 Å². The van der Waals surface area contributed by atoms with Crippen molar-refractivity contribution >= 4 is 39.4 Å². The summed E-state index contributed by atoms with van der Waals surface area (Å²) in [5, 5.41) is 9.04. The number of rotatable bonds is 4. The molecule has 0 bridgehead atoms. The number of para-hydroxylation sites is 2. The van der Waals surface area contributed by atoms with Crippen molar-refractivity contribution in [3.63, 3.8) is 0 Å². The molecule has 0 aliphatic carbocycles. The molecule has 5 nitrogen and oxygen atoms in total. The van der Waals surface area contributed by atoms with Gasteiger partial charge in [0.05, 0.1) is 6.21 Å². The van der Waals surface area contributed by atoms with Crippen LogP contribution in [0.2, 0.25) is 0 Å². The second kappa shape index (κ2) is 7.22. The summed E-state index contributed by atoms with van der Waals surface area (Å²) in [6.45, 7) is 4.13. The summed E-state index contributed by atoms with van der Waals surface area (Å²) >= 11 is 1.56. The molecule has 5 aromatic rings. The van der Waals surface area contributed by atoms with Gasteiger partial charge in [-0.2, -0.15) is 5.10 Å². The van der Waals surface area contributed by atoms with Crippen LogP contribution >= 0.6 is 11.3 Å². The van der Waals surface area contributed by atoms with E-state index in [2.05, 4.69) is 31.0 Å². The molecule has 144 valence electrons. The Kier molecular flexibility index (Phi) is 4.41. The third kappa shape index (κ3) is 3.32. The second-order valence-corrected chi connectivity index (χ2v) is 7.96. The predicted octanol–water partition coefficient (Wildman–Crippen LogP) is 5.64. The highest BCUT2D eigenvalue weighted by Gasteiger charge is 2.13. The van der Waals surface area contributed by atoms with Crippen LogP contribution in [0.3, 0.4) is 0 Å². The molecule has 6 heteroatoms. The van der Waals surface area contributed by atoms with Gasteiger partial charge < -0.3 is 9.40 Å². The lowest BCUT2D eigenvalue weighted by molar-refractivity contribution is 0.620. The van der Waals surface area contributed by atoms with Crippen LogP contribution in [-0.2, 0) is 0 Å². The molecular weight excluding hydrogens is 380 g/mol. The van der Waals surface area contributed by atoms with Crippen molar-refractivity contribution < 1.29 is 4.42 Å². The van der Waals surface area contributed by atoms with E-state index in [-0.39, 0.29) is 6.04 Å². The Balaban J connectivity index is 1.65. The molecular formula is C23H20N4OS. The number of nitrogens with zero attached hydrogens (tertiary/aromatic N) is 3. The van der Waals surface area contributed by atoms with Gasteiger partial charge in [0, 0.05) is 39.5 Å². The molecule has 0 unspecified atom stereocenters. The number of hydrogen-bond donors (Lipinski definition) is 1. The minimum absolute atomic E-state index is 0.173. The largest absolute Gasteiger partial charge is 0.454 e. The first-order chi connectivity index (χ1) is 14.2. The van der Waals surface area contributed by atoms with Crippen molar-refractivity contribution in [1.82, 2.24) is 9.66 Å². The molecule has 0 radical (unpaired) electrons. The van der Waals surface area contributed by atoms with Gasteiger partial charge in [-0.15, -0.1) is 11.3 Å². The van der Waals surface area contributed by atoms with E-state index in [1.165, 1.54) is 0 Å². The Bertz CT molecular complexity index is 1360. The number of aromatic amines is 1. The van der Waals surface area contributed by atoms with Gasteiger partial charge in [0.25, 0.3) is 0 Å². The first kappa shape index (κ1) is 17.7. The average Bonchev–Trinajstić information content (AvgIpc) is 3.42. The van der Waals surface area contributed by atoms with Gasteiger partial charge >= 0.3 is 0 Å². The van der Waals surface area contributed by atoms with Gasteiger partial charge in [-0.3, -0.25) is 4.99 Å². The summed E-state index contributed by atoms with van der Waals surface area (Å²) in [6.07, 6.45) is 3.85. The lowest BCUT2D eigenvalue weighted by Gasteiger charge is -2.01. The molecule has 0 aliphatic heterocycles. The van der Waals surface area contributed by atoms with Crippen molar-refractivity contribution in [2.24, 2.45) is 10.1 Å². The van der Waals surface area contributed by atoms with E-state index in [0.717, 1.165) is 43.7 Å². The van der Waals surface area contributed by atoms with Crippen LogP contribution in [0, 0.1) is 0 Å². The van der Waals surface area contributed by atoms with E-state index in [0.29, 0.717) is 0 Å². The van der Waals surface area contributed by atoms with Gasteiger partial charge in [0.1, 0.15) is 11.3 Å². The highest BCUT2D eigenvalue weighted by molar-refractivity contribution is 7.07. The van der Waals surface area contributed by atoms with Gasteiger partial charge in [0.2, 0.25) is 4.80 Å². The van der Waals surface area contributed by atoms with Crippen molar-refractivity contribution in [2.75, 3.05) is 0 Å². The van der Waals surface area contributed by atoms with Gasteiger partial charge in [-0.05, 0) is 32.0 Å². The number of H-pyrrole nitrogens is 1. The highest BCUT2D eigenvalue weighted by atomic mass is 32.1. The number of nitrogens with one attached hydrogen (secondary N) is 1. The molecule has 0 aliphatic rings. The molecule has 0 amide bonds. The summed E-state index contributed by atoms with van der Waals surface area (Å²) in [4.78, 5) is 8.87. The zero-order chi connectivity index (χ0) is 19.8. The predicted molar refractivity (Wildman–Crippen MR) is 120 cm³/mol. The van der Waals surface area contributed by atoms with Gasteiger partial charge in [0.15, 0.2) is 5.76 Å². The normalized spacial score (nSPS) is 12.9. The number of fused-ring (bicyclic) bond motifs is 2. The molecule has 5 rings (SSSR count). The van der Waals surface area contributed by atoms with Crippen molar-refractivity contribution in [2.45, 2.75) is 19.9 Å². The number of furan rings is 1. The zero-order valence-electron chi connectivity index (χ0n) is 16.2. The van der Waals surface area contributed by atoms with Crippen LogP contribution < -0.4 is 4.80 Å². The van der Waals surface area contributed by atoms with Gasteiger partial charge in [-0.25, -0.2) is 4.68 Å². The molecule has 3 aromatic heterocycles. The van der Waals surface area contributed by atoms with E-state index in [4.69, 9.17) is 14.5 Å². The number of hydrogen-bond acceptors (Lipinski definition) is 4. The van der Waals surface area contributed by atoms with Crippen LogP contribution in [0.15, 0.2) is 80.7 Å². The molecule has 0 saturated heterocycles. The zero-order valence-corrected chi connectivity index (χ0v) is 17.0. The fraction of sp³-hybridized carbons (Fsp3) is 0.130. The third-order valence-corrected chi connectivity index (χ3v) is 5.50. The minimum atomic E-state index is 0.173. The minimum Gasteiger partial charge on any atom is -0.454 e. The van der Waals surface area contributed by atoms with E-state index in [1.54, 1.807) is 11.3 Å². The van der Waals surface area contributed by atoms with E-state index >= 15 is 0 Å². The van der Waals surface area contributed by atoms with Crippen LogP contribution in [0.25, 0.3) is 33.3 Å². The molecule has 0 spiro atoms. The summed E-state index contributed by atoms with van der Waals surface area (Å²) in [5.41, 5.74) is 3.88. The van der Waals surface area contributed by atoms with E-state index in [9.17, 15) is 0 Å². The quantitative estimate of drug-likeness (QED) is 0.390. The number of aromatic nitrogens is 2. The van der Waals surface area contributed by atoms with E-state index in [1.807, 2.05) is 64.9 Å². The number of thiazole rings is 1. The Morgan fingerprint density at radius 2 is 1.93 bits per heavy atom. The topological polar surface area (TPSA) is 58.6 Å². The molecule has 1 N–H and O–H groups in total. The van der Waals surface area contributed by atoms with Crippen molar-refractivity contribution in [1.29, 1.82) is 0 Å². The van der Waals surface area contributed by atoms with Crippen LogP contribution in [0.5, 0.6) is 0 Å². The maximum absolute atomic E-state index is 6.08. The Labute approximate surface area is 171 Å².